The number of amides is 3. The highest BCUT2D eigenvalue weighted by molar-refractivity contribution is 5.93. The predicted molar refractivity (Wildman–Crippen MR) is 106 cm³/mol. The Morgan fingerprint density at radius 3 is 2.63 bits per heavy atom. The summed E-state index contributed by atoms with van der Waals surface area (Å²) in [5.74, 6) is 0.171. The number of ether oxygens (including phenoxy) is 1. The van der Waals surface area contributed by atoms with Gasteiger partial charge < -0.3 is 25.2 Å². The second kappa shape index (κ2) is 8.61. The molecule has 3 rings (SSSR count). The molecule has 0 bridgehead atoms. The number of hydrogen-bond acceptors (Lipinski definition) is 4. The lowest BCUT2D eigenvalue weighted by atomic mass is 10.1. The van der Waals surface area contributed by atoms with Gasteiger partial charge in [-0.05, 0) is 39.3 Å². The number of hydrogen-bond donors (Lipinski definition) is 2. The van der Waals surface area contributed by atoms with Gasteiger partial charge in [-0.3, -0.25) is 4.79 Å². The van der Waals surface area contributed by atoms with E-state index in [0.717, 1.165) is 37.4 Å². The summed E-state index contributed by atoms with van der Waals surface area (Å²) in [7, 11) is 0. The number of para-hydroxylation sites is 2. The van der Waals surface area contributed by atoms with E-state index in [1.54, 1.807) is 0 Å². The molecule has 1 aromatic rings. The third-order valence-electron chi connectivity index (χ3n) is 4.96. The van der Waals surface area contributed by atoms with Crippen LogP contribution in [0.1, 0.15) is 33.6 Å². The van der Waals surface area contributed by atoms with E-state index in [0.29, 0.717) is 13.0 Å². The zero-order chi connectivity index (χ0) is 19.4. The van der Waals surface area contributed by atoms with E-state index in [2.05, 4.69) is 29.4 Å². The lowest BCUT2D eigenvalue weighted by Gasteiger charge is -2.37. The Labute approximate surface area is 161 Å². The first-order valence-electron chi connectivity index (χ1n) is 9.77. The summed E-state index contributed by atoms with van der Waals surface area (Å²) in [6.07, 6.45) is 1.81. The van der Waals surface area contributed by atoms with Crippen molar-refractivity contribution in [2.75, 3.05) is 36.4 Å². The van der Waals surface area contributed by atoms with Gasteiger partial charge in [-0.2, -0.15) is 0 Å². The van der Waals surface area contributed by atoms with E-state index >= 15 is 0 Å². The Kier molecular flexibility index (Phi) is 6.21. The molecule has 0 radical (unpaired) electrons. The van der Waals surface area contributed by atoms with Crippen molar-refractivity contribution in [1.82, 2.24) is 10.2 Å². The molecule has 0 aliphatic carbocycles. The molecule has 0 aromatic heterocycles. The lowest BCUT2D eigenvalue weighted by molar-refractivity contribution is -0.127. The molecule has 2 heterocycles. The number of carbonyl (C=O) groups is 2. The first kappa shape index (κ1) is 19.5. The van der Waals surface area contributed by atoms with Crippen LogP contribution in [-0.2, 0) is 9.53 Å². The number of anilines is 2. The molecule has 0 saturated carbocycles. The summed E-state index contributed by atoms with van der Waals surface area (Å²) in [6, 6.07) is 7.46. The highest BCUT2D eigenvalue weighted by atomic mass is 16.5. The Balaban J connectivity index is 1.60. The summed E-state index contributed by atoms with van der Waals surface area (Å²) >= 11 is 0. The number of benzene rings is 1. The quantitative estimate of drug-likeness (QED) is 0.830. The number of nitrogens with one attached hydrogen (secondary N) is 2. The van der Waals surface area contributed by atoms with Crippen molar-refractivity contribution in [3.8, 4) is 0 Å². The maximum Gasteiger partial charge on any atom is 0.319 e. The number of carbonyl (C=O) groups excluding carboxylic acids is 2. The minimum absolute atomic E-state index is 0.109. The Morgan fingerprint density at radius 2 is 1.96 bits per heavy atom. The number of urea groups is 1. The molecule has 2 fully saturated rings. The maximum absolute atomic E-state index is 12.5. The van der Waals surface area contributed by atoms with Crippen molar-refractivity contribution in [2.24, 2.45) is 0 Å². The molecule has 0 spiro atoms. The maximum atomic E-state index is 12.5. The van der Waals surface area contributed by atoms with Crippen LogP contribution in [0, 0.1) is 0 Å². The van der Waals surface area contributed by atoms with Gasteiger partial charge in [-0.25, -0.2) is 4.79 Å². The molecule has 2 N–H and O–H groups in total. The molecule has 27 heavy (non-hydrogen) atoms. The minimum atomic E-state index is -0.254. The fourth-order valence-electron chi connectivity index (χ4n) is 3.89. The molecule has 0 unspecified atom stereocenters. The summed E-state index contributed by atoms with van der Waals surface area (Å²) in [4.78, 5) is 28.3. The highest BCUT2D eigenvalue weighted by Crippen LogP contribution is 2.28. The summed E-state index contributed by atoms with van der Waals surface area (Å²) in [6.45, 7) is 8.95. The van der Waals surface area contributed by atoms with Gasteiger partial charge in [0.2, 0.25) is 5.91 Å². The predicted octanol–water partition coefficient (Wildman–Crippen LogP) is 2.43. The van der Waals surface area contributed by atoms with Crippen molar-refractivity contribution in [3.63, 3.8) is 0 Å². The molecule has 7 nitrogen and oxygen atoms in total. The van der Waals surface area contributed by atoms with Gasteiger partial charge in [0.15, 0.2) is 0 Å². The number of likely N-dealkylation sites (tertiary alicyclic amines) is 1. The van der Waals surface area contributed by atoms with Gasteiger partial charge in [0, 0.05) is 38.6 Å². The lowest BCUT2D eigenvalue weighted by Crippen LogP contribution is -2.46. The van der Waals surface area contributed by atoms with E-state index in [-0.39, 0.29) is 30.2 Å². The molecule has 2 aliphatic heterocycles. The average Bonchev–Trinajstić information content (AvgIpc) is 2.99. The summed E-state index contributed by atoms with van der Waals surface area (Å²) < 4.78 is 5.81. The molecule has 3 atom stereocenters. The van der Waals surface area contributed by atoms with E-state index in [1.807, 2.05) is 36.1 Å². The van der Waals surface area contributed by atoms with Crippen LogP contribution in [0.15, 0.2) is 24.3 Å². The third-order valence-corrected chi connectivity index (χ3v) is 4.96. The van der Waals surface area contributed by atoms with Gasteiger partial charge >= 0.3 is 6.03 Å². The van der Waals surface area contributed by atoms with Crippen molar-refractivity contribution in [1.29, 1.82) is 0 Å². The zero-order valence-electron chi connectivity index (χ0n) is 16.4. The molecule has 2 aliphatic rings. The largest absolute Gasteiger partial charge is 0.372 e. The second-order valence-electron chi connectivity index (χ2n) is 7.62. The highest BCUT2D eigenvalue weighted by Gasteiger charge is 2.25. The van der Waals surface area contributed by atoms with Gasteiger partial charge in [-0.1, -0.05) is 12.1 Å². The smallest absolute Gasteiger partial charge is 0.319 e. The summed E-state index contributed by atoms with van der Waals surface area (Å²) in [5, 5.41) is 5.90. The van der Waals surface area contributed by atoms with Crippen LogP contribution in [-0.4, -0.2) is 61.3 Å². The van der Waals surface area contributed by atoms with Crippen LogP contribution in [0.3, 0.4) is 0 Å². The van der Waals surface area contributed by atoms with Crippen LogP contribution in [0.2, 0.25) is 0 Å². The first-order chi connectivity index (χ1) is 12.9. The standard InChI is InChI=1S/C20H30N4O3/c1-14(11-23-10-6-9-19(23)25)21-20(26)22-17-7-4-5-8-18(17)24-12-15(2)27-16(3)13-24/h4-5,7-8,14-16H,6,9-13H2,1-3H3,(H2,21,22,26)/t14-,15-,16+/m0/s1. The van der Waals surface area contributed by atoms with Crippen LogP contribution < -0.4 is 15.5 Å². The van der Waals surface area contributed by atoms with Crippen molar-refractivity contribution in [2.45, 2.75) is 51.9 Å². The van der Waals surface area contributed by atoms with Crippen LogP contribution in [0.5, 0.6) is 0 Å². The molecule has 148 valence electrons. The molecular formula is C20H30N4O3. The van der Waals surface area contributed by atoms with Gasteiger partial charge in [0.25, 0.3) is 0 Å². The van der Waals surface area contributed by atoms with Crippen LogP contribution in [0.4, 0.5) is 16.2 Å². The Morgan fingerprint density at radius 1 is 1.26 bits per heavy atom. The van der Waals surface area contributed by atoms with Crippen molar-refractivity contribution >= 4 is 23.3 Å². The van der Waals surface area contributed by atoms with Crippen molar-refractivity contribution < 1.29 is 14.3 Å². The monoisotopic (exact) mass is 374 g/mol. The van der Waals surface area contributed by atoms with E-state index in [4.69, 9.17) is 4.74 Å². The number of rotatable bonds is 5. The van der Waals surface area contributed by atoms with E-state index < -0.39 is 0 Å². The number of nitrogens with zero attached hydrogens (tertiary/aromatic N) is 2. The minimum Gasteiger partial charge on any atom is -0.372 e. The SMILES string of the molecule is C[C@@H]1CN(c2ccccc2NC(=O)N[C@@H](C)CN2CCCC2=O)C[C@H](C)O1. The number of morpholine rings is 1. The van der Waals surface area contributed by atoms with Crippen molar-refractivity contribution in [3.05, 3.63) is 24.3 Å². The molecular weight excluding hydrogens is 344 g/mol. The topological polar surface area (TPSA) is 73.9 Å². The van der Waals surface area contributed by atoms with E-state index in [9.17, 15) is 9.59 Å². The van der Waals surface area contributed by atoms with E-state index in [1.165, 1.54) is 0 Å². The van der Waals surface area contributed by atoms with Gasteiger partial charge in [0.05, 0.1) is 23.6 Å². The Bertz CT molecular complexity index is 671. The van der Waals surface area contributed by atoms with Crippen LogP contribution in [0.25, 0.3) is 0 Å². The summed E-state index contributed by atoms with van der Waals surface area (Å²) in [5.41, 5.74) is 1.78. The fourth-order valence-corrected chi connectivity index (χ4v) is 3.89. The second-order valence-corrected chi connectivity index (χ2v) is 7.62. The fraction of sp³-hybridized carbons (Fsp3) is 0.600. The molecule has 2 saturated heterocycles. The zero-order valence-corrected chi connectivity index (χ0v) is 16.4. The normalized spacial score (nSPS) is 24.0. The average molecular weight is 374 g/mol. The third kappa shape index (κ3) is 5.13. The van der Waals surface area contributed by atoms with Gasteiger partial charge in [-0.15, -0.1) is 0 Å². The molecule has 1 aromatic carbocycles. The Hall–Kier alpha value is -2.28. The van der Waals surface area contributed by atoms with Gasteiger partial charge in [0.1, 0.15) is 0 Å². The molecule has 7 heteroatoms. The first-order valence-corrected chi connectivity index (χ1v) is 9.77. The van der Waals surface area contributed by atoms with Crippen LogP contribution >= 0.6 is 0 Å². The molecule has 3 amide bonds.